The number of aliphatic carboxylic acids is 1. The second-order valence-corrected chi connectivity index (χ2v) is 21.6. The fourth-order valence-electron chi connectivity index (χ4n) is 8.42. The average molecular weight is 1050 g/mol. The van der Waals surface area contributed by atoms with Crippen LogP contribution in [0.15, 0.2) is 85.1 Å². The van der Waals surface area contributed by atoms with Crippen molar-refractivity contribution in [2.75, 3.05) is 47.5 Å². The molecule has 0 spiro atoms. The number of hydrogen-bond donors (Lipinski definition) is 1. The van der Waals surface area contributed by atoms with Gasteiger partial charge in [0.15, 0.2) is 6.10 Å². The van der Waals surface area contributed by atoms with E-state index < -0.39 is 24.3 Å². The van der Waals surface area contributed by atoms with E-state index in [4.69, 9.17) is 18.9 Å². The highest BCUT2D eigenvalue weighted by atomic mass is 16.7. The van der Waals surface area contributed by atoms with Gasteiger partial charge in [-0.15, -0.1) is 0 Å². The maximum atomic E-state index is 12.9. The van der Waals surface area contributed by atoms with E-state index in [2.05, 4.69) is 98.9 Å². The molecule has 0 saturated heterocycles. The highest BCUT2D eigenvalue weighted by molar-refractivity contribution is 5.71. The van der Waals surface area contributed by atoms with Crippen LogP contribution in [0, 0.1) is 0 Å². The number of esters is 2. The predicted octanol–water partition coefficient (Wildman–Crippen LogP) is 18.3. The Balaban J connectivity index is 4.25. The number of carbonyl (C=O) groups excluding carboxylic acids is 2. The van der Waals surface area contributed by atoms with E-state index in [0.717, 1.165) is 83.5 Å². The summed E-state index contributed by atoms with van der Waals surface area (Å²) in [5, 5.41) is 9.71. The number of hydrogen-bond acceptors (Lipinski definition) is 7. The van der Waals surface area contributed by atoms with Crippen molar-refractivity contribution >= 4 is 17.9 Å². The molecule has 9 heteroatoms. The van der Waals surface area contributed by atoms with E-state index in [1.165, 1.54) is 141 Å². The number of rotatable bonds is 56. The van der Waals surface area contributed by atoms with Gasteiger partial charge in [-0.2, -0.15) is 0 Å². The van der Waals surface area contributed by atoms with E-state index in [1.54, 1.807) is 0 Å². The van der Waals surface area contributed by atoms with Crippen molar-refractivity contribution < 1.29 is 42.9 Å². The molecule has 0 saturated carbocycles. The fourth-order valence-corrected chi connectivity index (χ4v) is 8.42. The van der Waals surface area contributed by atoms with Crippen LogP contribution in [0.5, 0.6) is 0 Å². The van der Waals surface area contributed by atoms with Gasteiger partial charge in [-0.3, -0.25) is 9.59 Å². The fraction of sp³-hybridized carbons (Fsp3) is 0.742. The second-order valence-electron chi connectivity index (χ2n) is 21.6. The molecule has 0 bridgehead atoms. The van der Waals surface area contributed by atoms with E-state index >= 15 is 0 Å². The lowest BCUT2D eigenvalue weighted by Crippen LogP contribution is -2.40. The molecular weight excluding hydrogens is 935 g/mol. The van der Waals surface area contributed by atoms with E-state index in [9.17, 15) is 19.5 Å². The van der Waals surface area contributed by atoms with Crippen LogP contribution in [0.1, 0.15) is 258 Å². The zero-order chi connectivity index (χ0) is 54.8. The maximum Gasteiger partial charge on any atom is 0.361 e. The van der Waals surface area contributed by atoms with Crippen molar-refractivity contribution in [2.45, 2.75) is 270 Å². The van der Waals surface area contributed by atoms with Gasteiger partial charge in [0.25, 0.3) is 6.29 Å². The van der Waals surface area contributed by atoms with E-state index in [1.807, 2.05) is 21.1 Å². The molecule has 0 aliphatic rings. The average Bonchev–Trinajstić information content (AvgIpc) is 3.38. The Hall–Kier alpha value is -3.53. The zero-order valence-electron chi connectivity index (χ0n) is 49.2. The Kier molecular flexibility index (Phi) is 54.0. The van der Waals surface area contributed by atoms with Crippen LogP contribution >= 0.6 is 0 Å². The molecule has 2 unspecified atom stereocenters. The summed E-state index contributed by atoms with van der Waals surface area (Å²) >= 11 is 0. The predicted molar refractivity (Wildman–Crippen MR) is 318 cm³/mol. The van der Waals surface area contributed by atoms with Crippen LogP contribution in [-0.4, -0.2) is 87.4 Å². The van der Waals surface area contributed by atoms with Crippen LogP contribution in [0.25, 0.3) is 0 Å². The third-order valence-corrected chi connectivity index (χ3v) is 13.1. The lowest BCUT2D eigenvalue weighted by molar-refractivity contribution is -0.870. The van der Waals surface area contributed by atoms with Crippen LogP contribution in [0.2, 0.25) is 0 Å². The Morgan fingerprint density at radius 2 is 0.760 bits per heavy atom. The first-order valence-corrected chi connectivity index (χ1v) is 30.8. The largest absolute Gasteiger partial charge is 0.477 e. The van der Waals surface area contributed by atoms with Gasteiger partial charge >= 0.3 is 17.9 Å². The summed E-state index contributed by atoms with van der Waals surface area (Å²) in [6.07, 6.45) is 72.4. The summed E-state index contributed by atoms with van der Waals surface area (Å²) in [4.78, 5) is 37.5. The van der Waals surface area contributed by atoms with Gasteiger partial charge in [0, 0.05) is 12.8 Å². The smallest absolute Gasteiger partial charge is 0.361 e. The molecule has 0 aromatic carbocycles. The lowest BCUT2D eigenvalue weighted by Gasteiger charge is -2.25. The monoisotopic (exact) mass is 1050 g/mol. The number of carbonyl (C=O) groups is 3. The first-order chi connectivity index (χ1) is 36.6. The first-order valence-electron chi connectivity index (χ1n) is 30.8. The summed E-state index contributed by atoms with van der Waals surface area (Å²) in [6.45, 7) is 4.75. The number of ether oxygens (including phenoxy) is 4. The standard InChI is InChI=1S/C66H115NO8/c1-6-8-10-12-14-16-18-20-22-24-26-28-30-31-32-33-35-36-38-40-42-44-46-48-50-52-54-56-63(68)73-60-62(61-74-66(65(70)71)72-59-58-67(3,4)5)75-64(69)57-55-53-51-49-47-45-43-41-39-37-34-29-27-25-23-21-19-17-15-13-11-9-7-2/h9,11,15,17,21,23-24,26-27,29,37,39,43,45,62,66H,6-8,10,12-14,16,18-20,22,25,28,30-36,38,40-42,44,46-61H2,1-5H3/p+1/b11-9-,17-15-,23-21-,26-24-,29-27-,39-37-,45-43-. The van der Waals surface area contributed by atoms with E-state index in [-0.39, 0.29) is 32.2 Å². The molecule has 9 nitrogen and oxygen atoms in total. The minimum atomic E-state index is -1.52. The van der Waals surface area contributed by atoms with Gasteiger partial charge in [-0.1, -0.05) is 240 Å². The highest BCUT2D eigenvalue weighted by Crippen LogP contribution is 2.16. The summed E-state index contributed by atoms with van der Waals surface area (Å²) in [5.41, 5.74) is 0. The van der Waals surface area contributed by atoms with Crippen molar-refractivity contribution in [3.63, 3.8) is 0 Å². The molecule has 0 aromatic rings. The molecular formula is C66H116NO8+. The van der Waals surface area contributed by atoms with Crippen LogP contribution in [0.3, 0.4) is 0 Å². The summed E-state index contributed by atoms with van der Waals surface area (Å²) in [5.74, 6) is -2.04. The normalized spacial score (nSPS) is 13.3. The van der Waals surface area contributed by atoms with Crippen molar-refractivity contribution in [3.8, 4) is 0 Å². The maximum absolute atomic E-state index is 12.9. The number of likely N-dealkylation sites (N-methyl/N-ethyl adjacent to an activating group) is 1. The van der Waals surface area contributed by atoms with Crippen LogP contribution in [-0.2, 0) is 33.3 Å². The van der Waals surface area contributed by atoms with Gasteiger partial charge < -0.3 is 28.5 Å². The third-order valence-electron chi connectivity index (χ3n) is 13.1. The number of allylic oxidation sites excluding steroid dienone is 14. The third kappa shape index (κ3) is 58.0. The molecule has 0 fully saturated rings. The molecule has 432 valence electrons. The molecule has 0 aliphatic heterocycles. The Morgan fingerprint density at radius 3 is 1.15 bits per heavy atom. The van der Waals surface area contributed by atoms with Gasteiger partial charge in [-0.25, -0.2) is 4.79 Å². The molecule has 0 amide bonds. The Labute approximate surface area is 461 Å². The topological polar surface area (TPSA) is 108 Å². The number of carboxylic acid groups (broad SMARTS) is 1. The minimum absolute atomic E-state index is 0.179. The van der Waals surface area contributed by atoms with E-state index in [0.29, 0.717) is 23.9 Å². The van der Waals surface area contributed by atoms with Crippen molar-refractivity contribution in [3.05, 3.63) is 85.1 Å². The Morgan fingerprint density at radius 1 is 0.413 bits per heavy atom. The van der Waals surface area contributed by atoms with Gasteiger partial charge in [-0.05, 0) is 89.9 Å². The molecule has 1 N–H and O–H groups in total. The summed E-state index contributed by atoms with van der Waals surface area (Å²) in [7, 11) is 5.96. The molecule has 2 atom stereocenters. The SMILES string of the molecule is CC/C=C\C/C=C\C/C=C\C/C=C\C/C=C\C/C=C\CCCCCCC(=O)OC(COC(=O)CCCCCCCCCCCCCCCCC/C=C\CCCCCCCCCC)COC(OCC[N+](C)(C)C)C(=O)O. The van der Waals surface area contributed by atoms with Crippen LogP contribution in [0.4, 0.5) is 0 Å². The Bertz CT molecular complexity index is 1500. The quantitative estimate of drug-likeness (QED) is 0.0211. The molecule has 75 heavy (non-hydrogen) atoms. The zero-order valence-corrected chi connectivity index (χ0v) is 49.2. The number of unbranched alkanes of at least 4 members (excludes halogenated alkanes) is 27. The van der Waals surface area contributed by atoms with Gasteiger partial charge in [0.1, 0.15) is 13.2 Å². The van der Waals surface area contributed by atoms with Crippen molar-refractivity contribution in [1.29, 1.82) is 0 Å². The number of nitrogens with zero attached hydrogens (tertiary/aromatic N) is 1. The lowest BCUT2D eigenvalue weighted by atomic mass is 10.0. The number of quaternary nitrogens is 1. The molecule has 0 aliphatic carbocycles. The summed E-state index contributed by atoms with van der Waals surface area (Å²) < 4.78 is 22.9. The highest BCUT2D eigenvalue weighted by Gasteiger charge is 2.25. The number of carboxylic acids is 1. The summed E-state index contributed by atoms with van der Waals surface area (Å²) in [6, 6.07) is 0. The van der Waals surface area contributed by atoms with Crippen LogP contribution < -0.4 is 0 Å². The van der Waals surface area contributed by atoms with Gasteiger partial charge in [0.05, 0.1) is 34.4 Å². The molecule has 0 radical (unpaired) electrons. The van der Waals surface area contributed by atoms with Crippen molar-refractivity contribution in [1.82, 2.24) is 0 Å². The molecule has 0 rings (SSSR count). The minimum Gasteiger partial charge on any atom is -0.477 e. The van der Waals surface area contributed by atoms with Crippen molar-refractivity contribution in [2.24, 2.45) is 0 Å². The molecule has 0 heterocycles. The van der Waals surface area contributed by atoms with Gasteiger partial charge in [0.2, 0.25) is 0 Å². The second kappa shape index (κ2) is 56.7. The molecule has 0 aromatic heterocycles. The first kappa shape index (κ1) is 71.5.